The summed E-state index contributed by atoms with van der Waals surface area (Å²) in [5, 5.41) is 0. The fourth-order valence-corrected chi connectivity index (χ4v) is 1.88. The van der Waals surface area contributed by atoms with Gasteiger partial charge in [0, 0.05) is 5.56 Å². The lowest BCUT2D eigenvalue weighted by Crippen LogP contribution is -2.28. The Kier molecular flexibility index (Phi) is 7.02. The number of benzene rings is 1. The van der Waals surface area contributed by atoms with Gasteiger partial charge in [-0.15, -0.1) is 0 Å². The molecule has 118 valence electrons. The van der Waals surface area contributed by atoms with Crippen molar-refractivity contribution in [3.8, 4) is 0 Å². The Labute approximate surface area is 129 Å². The normalized spacial score (nSPS) is 12.4. The molecule has 0 aliphatic rings. The third-order valence-corrected chi connectivity index (χ3v) is 2.85. The zero-order chi connectivity index (χ0) is 16.5. The lowest BCUT2D eigenvalue weighted by atomic mass is 9.91. The molecule has 0 heterocycles. The van der Waals surface area contributed by atoms with Gasteiger partial charge in [0.25, 0.3) is 0 Å². The second-order valence-corrected chi connectivity index (χ2v) is 4.44. The van der Waals surface area contributed by atoms with Crippen molar-refractivity contribution in [3.63, 3.8) is 0 Å². The van der Waals surface area contributed by atoms with E-state index in [9.17, 15) is 14.4 Å². The number of ketones is 1. The van der Waals surface area contributed by atoms with Crippen molar-refractivity contribution in [2.45, 2.75) is 20.8 Å². The number of hydrogen-bond acceptors (Lipinski definition) is 5. The second kappa shape index (κ2) is 8.77. The molecule has 1 aromatic carbocycles. The Hall–Kier alpha value is -2.43. The van der Waals surface area contributed by atoms with Crippen LogP contribution >= 0.6 is 0 Å². The molecule has 0 aliphatic heterocycles. The summed E-state index contributed by atoms with van der Waals surface area (Å²) in [7, 11) is 0. The highest BCUT2D eigenvalue weighted by molar-refractivity contribution is 6.11. The maximum absolute atomic E-state index is 12.5. The van der Waals surface area contributed by atoms with E-state index in [-0.39, 0.29) is 18.8 Å². The van der Waals surface area contributed by atoms with Crippen molar-refractivity contribution >= 4 is 17.7 Å². The van der Waals surface area contributed by atoms with Crippen LogP contribution in [0.25, 0.3) is 0 Å². The van der Waals surface area contributed by atoms with Crippen molar-refractivity contribution in [1.82, 2.24) is 0 Å². The number of carbonyl (C=O) groups excluding carboxylic acids is 3. The topological polar surface area (TPSA) is 69.7 Å². The fraction of sp³-hybridized carbons (Fsp3) is 0.353. The number of carbonyl (C=O) groups is 3. The van der Waals surface area contributed by atoms with E-state index in [1.807, 2.05) is 0 Å². The van der Waals surface area contributed by atoms with Crippen LogP contribution in [-0.4, -0.2) is 30.9 Å². The summed E-state index contributed by atoms with van der Waals surface area (Å²) in [6.07, 6.45) is 2.40. The third kappa shape index (κ3) is 4.84. The van der Waals surface area contributed by atoms with Crippen LogP contribution in [0.3, 0.4) is 0 Å². The van der Waals surface area contributed by atoms with Crippen LogP contribution < -0.4 is 0 Å². The average molecular weight is 303 g/mol. The standard InChI is InChI=1S/C17H19O5/c1-4-21-14(18)11-12(3)15(17(20)22-5-2)16(19)13-9-7-6-8-10-13/h6-10,15H,4-5H2,1-3H3/q-1. The van der Waals surface area contributed by atoms with Gasteiger partial charge in [0.1, 0.15) is 11.9 Å². The molecule has 0 aliphatic carbocycles. The molecule has 0 spiro atoms. The molecule has 0 saturated carbocycles. The Bertz CT molecular complexity index is 560. The SMILES string of the molecule is CCOC(=O)[C-]=C(C)C(C(=O)OCC)C(=O)c1ccccc1. The molecule has 1 rings (SSSR count). The van der Waals surface area contributed by atoms with E-state index in [0.29, 0.717) is 5.56 Å². The fourth-order valence-electron chi connectivity index (χ4n) is 1.88. The summed E-state index contributed by atoms with van der Waals surface area (Å²) in [5.41, 5.74) is 0.538. The van der Waals surface area contributed by atoms with E-state index >= 15 is 0 Å². The summed E-state index contributed by atoms with van der Waals surface area (Å²) in [6.45, 7) is 5.13. The second-order valence-electron chi connectivity index (χ2n) is 4.44. The molecule has 0 amide bonds. The zero-order valence-electron chi connectivity index (χ0n) is 12.9. The first kappa shape index (κ1) is 17.6. The van der Waals surface area contributed by atoms with Crippen LogP contribution in [0.5, 0.6) is 0 Å². The highest BCUT2D eigenvalue weighted by Gasteiger charge is 2.27. The summed E-state index contributed by atoms with van der Waals surface area (Å²) >= 11 is 0. The van der Waals surface area contributed by atoms with E-state index in [4.69, 9.17) is 9.47 Å². The molecule has 0 fully saturated rings. The van der Waals surface area contributed by atoms with Gasteiger partial charge in [-0.25, -0.2) is 5.57 Å². The summed E-state index contributed by atoms with van der Waals surface area (Å²) < 4.78 is 9.69. The number of ether oxygens (including phenoxy) is 2. The summed E-state index contributed by atoms with van der Waals surface area (Å²) in [4.78, 5) is 36.1. The van der Waals surface area contributed by atoms with Gasteiger partial charge in [-0.2, -0.15) is 0 Å². The number of Topliss-reactive ketones (excluding diaryl/α,β-unsaturated/α-hetero) is 1. The molecule has 0 aromatic heterocycles. The van der Waals surface area contributed by atoms with Crippen molar-refractivity contribution in [2.75, 3.05) is 13.2 Å². The van der Waals surface area contributed by atoms with E-state index < -0.39 is 23.6 Å². The van der Waals surface area contributed by atoms with E-state index in [1.165, 1.54) is 6.92 Å². The Morgan fingerprint density at radius 2 is 1.64 bits per heavy atom. The maximum Gasteiger partial charge on any atom is 0.318 e. The van der Waals surface area contributed by atoms with Crippen molar-refractivity contribution in [3.05, 3.63) is 47.5 Å². The lowest BCUT2D eigenvalue weighted by Gasteiger charge is -2.22. The third-order valence-electron chi connectivity index (χ3n) is 2.85. The van der Waals surface area contributed by atoms with Crippen LogP contribution in [0.15, 0.2) is 35.9 Å². The molecule has 5 heteroatoms. The lowest BCUT2D eigenvalue weighted by molar-refractivity contribution is -0.145. The molecular formula is C17H19O5-. The summed E-state index contributed by atoms with van der Waals surface area (Å²) in [6, 6.07) is 8.37. The van der Waals surface area contributed by atoms with Gasteiger partial charge in [0.2, 0.25) is 0 Å². The van der Waals surface area contributed by atoms with Crippen molar-refractivity contribution < 1.29 is 23.9 Å². The molecule has 1 atom stereocenters. The van der Waals surface area contributed by atoms with Gasteiger partial charge in [-0.3, -0.25) is 14.4 Å². The van der Waals surface area contributed by atoms with E-state index in [1.54, 1.807) is 44.2 Å². The predicted molar refractivity (Wildman–Crippen MR) is 80.0 cm³/mol. The smallest absolute Gasteiger partial charge is 0.318 e. The zero-order valence-corrected chi connectivity index (χ0v) is 12.9. The highest BCUT2D eigenvalue weighted by Crippen LogP contribution is 2.19. The van der Waals surface area contributed by atoms with Crippen LogP contribution in [0.1, 0.15) is 31.1 Å². The van der Waals surface area contributed by atoms with Crippen LogP contribution in [0.4, 0.5) is 0 Å². The van der Waals surface area contributed by atoms with Gasteiger partial charge in [0.05, 0.1) is 13.2 Å². The molecule has 1 aromatic rings. The molecular weight excluding hydrogens is 284 g/mol. The molecule has 0 N–H and O–H groups in total. The Morgan fingerprint density at radius 1 is 1.05 bits per heavy atom. The Morgan fingerprint density at radius 3 is 2.18 bits per heavy atom. The Balaban J connectivity index is 3.10. The quantitative estimate of drug-likeness (QED) is 0.254. The van der Waals surface area contributed by atoms with Crippen LogP contribution in [0.2, 0.25) is 0 Å². The summed E-state index contributed by atoms with van der Waals surface area (Å²) in [5.74, 6) is -3.05. The number of hydrogen-bond donors (Lipinski definition) is 0. The minimum atomic E-state index is -1.20. The number of rotatable bonds is 7. The van der Waals surface area contributed by atoms with Gasteiger partial charge >= 0.3 is 5.97 Å². The van der Waals surface area contributed by atoms with Gasteiger partial charge < -0.3 is 15.5 Å². The molecule has 1 unspecified atom stereocenters. The molecule has 0 radical (unpaired) electrons. The van der Waals surface area contributed by atoms with Crippen LogP contribution in [-0.2, 0) is 19.1 Å². The molecule has 5 nitrogen and oxygen atoms in total. The monoisotopic (exact) mass is 303 g/mol. The largest absolute Gasteiger partial charge is 0.490 e. The van der Waals surface area contributed by atoms with Crippen molar-refractivity contribution in [2.24, 2.45) is 5.92 Å². The molecule has 0 saturated heterocycles. The maximum atomic E-state index is 12.5. The number of esters is 2. The van der Waals surface area contributed by atoms with E-state index in [0.717, 1.165) is 0 Å². The van der Waals surface area contributed by atoms with Crippen molar-refractivity contribution in [1.29, 1.82) is 0 Å². The van der Waals surface area contributed by atoms with Gasteiger partial charge in [-0.05, 0) is 13.8 Å². The first-order chi connectivity index (χ1) is 10.5. The minimum Gasteiger partial charge on any atom is -0.490 e. The molecule has 0 bridgehead atoms. The first-order valence-electron chi connectivity index (χ1n) is 7.04. The van der Waals surface area contributed by atoms with Gasteiger partial charge in [-0.1, -0.05) is 37.3 Å². The average Bonchev–Trinajstić information content (AvgIpc) is 2.48. The molecule has 22 heavy (non-hydrogen) atoms. The van der Waals surface area contributed by atoms with Crippen LogP contribution in [0, 0.1) is 12.0 Å². The highest BCUT2D eigenvalue weighted by atomic mass is 16.5. The predicted octanol–water partition coefficient (Wildman–Crippen LogP) is 2.36. The van der Waals surface area contributed by atoms with E-state index in [2.05, 4.69) is 6.08 Å². The minimum absolute atomic E-state index is 0.143. The first-order valence-corrected chi connectivity index (χ1v) is 7.04. The van der Waals surface area contributed by atoms with Gasteiger partial charge in [0.15, 0.2) is 5.78 Å².